The summed E-state index contributed by atoms with van der Waals surface area (Å²) in [6.45, 7) is 8.18. The number of ether oxygens (including phenoxy) is 1. The highest BCUT2D eigenvalue weighted by atomic mass is 32.2. The molecular weight excluding hydrogens is 456 g/mol. The Balaban J connectivity index is 1.63. The van der Waals surface area contributed by atoms with Crippen molar-refractivity contribution < 1.29 is 27.1 Å². The van der Waals surface area contributed by atoms with Gasteiger partial charge in [-0.3, -0.25) is 9.35 Å². The molecule has 12 heteroatoms. The van der Waals surface area contributed by atoms with Crippen molar-refractivity contribution in [1.82, 2.24) is 19.5 Å². The van der Waals surface area contributed by atoms with Gasteiger partial charge in [-0.05, 0) is 38.3 Å². The SMILES string of the molecule is CC1CN(c2nc(-n3ccc(OCC4(C)CC4(F)F)n3)ccc2C(=O)NS(=O)O)C(C)(C)C1. The maximum Gasteiger partial charge on any atom is 0.268 e. The summed E-state index contributed by atoms with van der Waals surface area (Å²) in [5, 5.41) is 4.28. The van der Waals surface area contributed by atoms with Gasteiger partial charge in [0.25, 0.3) is 23.1 Å². The zero-order chi connectivity index (χ0) is 24.2. The van der Waals surface area contributed by atoms with Gasteiger partial charge in [-0.15, -0.1) is 5.10 Å². The molecular formula is C21H27F2N5O4S. The monoisotopic (exact) mass is 483 g/mol. The molecule has 2 N–H and O–H groups in total. The standard InChI is InChI=1S/C21H27F2N5O4S/c1-13-9-19(2,3)27(10-13)17-14(18(29)26-33(30)31)5-6-15(24-17)28-8-7-16(25-28)32-12-20(4)11-21(20,22)23/h5-8,13H,9-12H2,1-4H3,(H,26,29)(H,30,31). The van der Waals surface area contributed by atoms with E-state index in [1.165, 1.54) is 17.7 Å². The average Bonchev–Trinajstić information content (AvgIpc) is 3.04. The van der Waals surface area contributed by atoms with E-state index >= 15 is 0 Å². The highest BCUT2D eigenvalue weighted by molar-refractivity contribution is 7.77. The summed E-state index contributed by atoms with van der Waals surface area (Å²) in [6, 6.07) is 4.63. The Morgan fingerprint density at radius 2 is 2.03 bits per heavy atom. The van der Waals surface area contributed by atoms with Crippen LogP contribution in [0.15, 0.2) is 24.4 Å². The topological polar surface area (TPSA) is 110 Å². The number of hydrogen-bond donors (Lipinski definition) is 2. The smallest absolute Gasteiger partial charge is 0.268 e. The van der Waals surface area contributed by atoms with Gasteiger partial charge < -0.3 is 9.64 Å². The average molecular weight is 484 g/mol. The molecule has 33 heavy (non-hydrogen) atoms. The van der Waals surface area contributed by atoms with Gasteiger partial charge in [0.05, 0.1) is 11.0 Å². The van der Waals surface area contributed by atoms with Gasteiger partial charge in [0.2, 0.25) is 5.88 Å². The maximum atomic E-state index is 13.4. The highest BCUT2D eigenvalue weighted by Gasteiger charge is 2.68. The Morgan fingerprint density at radius 3 is 2.61 bits per heavy atom. The molecule has 9 nitrogen and oxygen atoms in total. The Labute approximate surface area is 192 Å². The number of nitrogens with one attached hydrogen (secondary N) is 1. The van der Waals surface area contributed by atoms with Crippen molar-refractivity contribution in [2.75, 3.05) is 18.1 Å². The van der Waals surface area contributed by atoms with Crippen LogP contribution in [0.25, 0.3) is 5.82 Å². The molecule has 0 bridgehead atoms. The third-order valence-corrected chi connectivity index (χ3v) is 6.68. The molecule has 2 aromatic heterocycles. The number of carbonyl (C=O) groups is 1. The first-order chi connectivity index (χ1) is 15.3. The lowest BCUT2D eigenvalue weighted by Gasteiger charge is -2.33. The summed E-state index contributed by atoms with van der Waals surface area (Å²) in [7, 11) is 0. The predicted molar refractivity (Wildman–Crippen MR) is 118 cm³/mol. The van der Waals surface area contributed by atoms with Crippen molar-refractivity contribution in [3.8, 4) is 11.7 Å². The third kappa shape index (κ3) is 4.58. The van der Waals surface area contributed by atoms with Crippen molar-refractivity contribution in [2.24, 2.45) is 11.3 Å². The minimum Gasteiger partial charge on any atom is -0.476 e. The number of halogens is 2. The number of aromatic nitrogens is 3. The van der Waals surface area contributed by atoms with Crippen molar-refractivity contribution in [1.29, 1.82) is 0 Å². The second kappa shape index (κ2) is 8.01. The van der Waals surface area contributed by atoms with E-state index in [0.29, 0.717) is 24.1 Å². The van der Waals surface area contributed by atoms with Gasteiger partial charge >= 0.3 is 0 Å². The van der Waals surface area contributed by atoms with Gasteiger partial charge in [-0.1, -0.05) is 13.8 Å². The normalized spacial score (nSPS) is 26.2. The predicted octanol–water partition coefficient (Wildman–Crippen LogP) is 3.18. The van der Waals surface area contributed by atoms with Gasteiger partial charge in [0.1, 0.15) is 12.4 Å². The van der Waals surface area contributed by atoms with Crippen LogP contribution in [0.5, 0.6) is 5.88 Å². The van der Waals surface area contributed by atoms with Crippen molar-refractivity contribution in [3.63, 3.8) is 0 Å². The molecule has 0 radical (unpaired) electrons. The molecule has 3 atom stereocenters. The van der Waals surface area contributed by atoms with Crippen LogP contribution in [0.2, 0.25) is 0 Å². The van der Waals surface area contributed by atoms with Crippen LogP contribution < -0.4 is 14.4 Å². The molecule has 1 saturated carbocycles. The summed E-state index contributed by atoms with van der Waals surface area (Å²) in [5.74, 6) is -2.13. The summed E-state index contributed by atoms with van der Waals surface area (Å²) >= 11 is -2.51. The molecule has 2 aromatic rings. The van der Waals surface area contributed by atoms with E-state index in [1.54, 1.807) is 18.3 Å². The summed E-state index contributed by atoms with van der Waals surface area (Å²) in [6.07, 6.45) is 2.27. The largest absolute Gasteiger partial charge is 0.476 e. The number of amides is 1. The van der Waals surface area contributed by atoms with Crippen LogP contribution in [0.3, 0.4) is 0 Å². The fourth-order valence-corrected chi connectivity index (χ4v) is 4.66. The maximum absolute atomic E-state index is 13.4. The quantitative estimate of drug-likeness (QED) is 0.582. The Morgan fingerprint density at radius 1 is 1.33 bits per heavy atom. The van der Waals surface area contributed by atoms with Gasteiger partial charge in [-0.2, -0.15) is 0 Å². The van der Waals surface area contributed by atoms with E-state index < -0.39 is 28.5 Å². The number of rotatable bonds is 7. The lowest BCUT2D eigenvalue weighted by atomic mass is 9.97. The number of nitrogens with zero attached hydrogens (tertiary/aromatic N) is 4. The first kappa shape index (κ1) is 23.6. The second-order valence-electron chi connectivity index (χ2n) is 9.78. The highest BCUT2D eigenvalue weighted by Crippen LogP contribution is 2.60. The fraction of sp³-hybridized carbons (Fsp3) is 0.571. The van der Waals surface area contributed by atoms with Crippen LogP contribution in [0, 0.1) is 11.3 Å². The summed E-state index contributed by atoms with van der Waals surface area (Å²) in [5.41, 5.74) is -1.31. The Bertz CT molecular complexity index is 1110. The van der Waals surface area contributed by atoms with Crippen LogP contribution in [-0.4, -0.2) is 54.0 Å². The fourth-order valence-electron chi connectivity index (χ4n) is 4.39. The molecule has 3 heterocycles. The third-order valence-electron chi connectivity index (χ3n) is 6.32. The first-order valence-electron chi connectivity index (χ1n) is 10.6. The number of alkyl halides is 2. The van der Waals surface area contributed by atoms with E-state index in [9.17, 15) is 17.8 Å². The van der Waals surface area contributed by atoms with Crippen molar-refractivity contribution in [2.45, 2.75) is 52.0 Å². The van der Waals surface area contributed by atoms with E-state index in [2.05, 4.69) is 17.0 Å². The molecule has 2 aliphatic rings. The van der Waals surface area contributed by atoms with Gasteiger partial charge in [-0.25, -0.2) is 27.4 Å². The molecule has 180 valence electrons. The Hall–Kier alpha value is -2.60. The van der Waals surface area contributed by atoms with Crippen LogP contribution in [0.4, 0.5) is 14.6 Å². The Kier molecular flexibility index (Phi) is 5.72. The molecule has 1 aliphatic heterocycles. The number of pyridine rings is 1. The van der Waals surface area contributed by atoms with E-state index in [4.69, 9.17) is 9.29 Å². The van der Waals surface area contributed by atoms with Crippen molar-refractivity contribution in [3.05, 3.63) is 30.0 Å². The minimum atomic E-state index is -2.72. The van der Waals surface area contributed by atoms with E-state index in [0.717, 1.165) is 6.42 Å². The molecule has 1 aliphatic carbocycles. The molecule has 0 aromatic carbocycles. The van der Waals surface area contributed by atoms with E-state index in [1.807, 2.05) is 23.5 Å². The first-order valence-corrected chi connectivity index (χ1v) is 11.7. The molecule has 1 saturated heterocycles. The van der Waals surface area contributed by atoms with Crippen LogP contribution in [0.1, 0.15) is 50.9 Å². The second-order valence-corrected chi connectivity index (χ2v) is 10.5. The van der Waals surface area contributed by atoms with Crippen LogP contribution >= 0.6 is 0 Å². The van der Waals surface area contributed by atoms with Gasteiger partial charge in [0, 0.05) is 30.8 Å². The zero-order valence-corrected chi connectivity index (χ0v) is 19.7. The molecule has 2 fully saturated rings. The molecule has 0 spiro atoms. The lowest BCUT2D eigenvalue weighted by molar-refractivity contribution is 0.0490. The summed E-state index contributed by atoms with van der Waals surface area (Å²) < 4.78 is 56.0. The van der Waals surface area contributed by atoms with Crippen molar-refractivity contribution >= 4 is 23.0 Å². The summed E-state index contributed by atoms with van der Waals surface area (Å²) in [4.78, 5) is 19.2. The van der Waals surface area contributed by atoms with E-state index in [-0.39, 0.29) is 30.0 Å². The number of carbonyl (C=O) groups excluding carboxylic acids is 1. The van der Waals surface area contributed by atoms with Crippen LogP contribution in [-0.2, 0) is 11.3 Å². The lowest BCUT2D eigenvalue weighted by Crippen LogP contribution is -2.40. The molecule has 4 rings (SSSR count). The molecule has 1 amide bonds. The zero-order valence-electron chi connectivity index (χ0n) is 18.8. The number of hydrogen-bond acceptors (Lipinski definition) is 6. The molecule has 3 unspecified atom stereocenters. The number of anilines is 1. The minimum absolute atomic E-state index is 0.146. The van der Waals surface area contributed by atoms with Gasteiger partial charge in [0.15, 0.2) is 5.82 Å².